The number of pyridine rings is 1. The number of carbonyl (C=O) groups excluding carboxylic acids is 1. The van der Waals surface area contributed by atoms with Gasteiger partial charge in [0.1, 0.15) is 17.3 Å². The van der Waals surface area contributed by atoms with Crippen LogP contribution in [0.15, 0.2) is 42.5 Å². The summed E-state index contributed by atoms with van der Waals surface area (Å²) in [4.78, 5) is 19.2. The maximum atomic E-state index is 13.0. The maximum absolute atomic E-state index is 13.0. The van der Waals surface area contributed by atoms with Gasteiger partial charge in [-0.25, -0.2) is 9.37 Å². The first-order valence-corrected chi connectivity index (χ1v) is 9.55. The van der Waals surface area contributed by atoms with Gasteiger partial charge in [-0.2, -0.15) is 0 Å². The van der Waals surface area contributed by atoms with E-state index in [0.717, 1.165) is 32.5 Å². The van der Waals surface area contributed by atoms with E-state index in [1.54, 1.807) is 18.2 Å². The number of benzene rings is 1. The maximum Gasteiger partial charge on any atom is 0.270 e. The Morgan fingerprint density at radius 2 is 2.11 bits per heavy atom. The highest BCUT2D eigenvalue weighted by Crippen LogP contribution is 2.20. The summed E-state index contributed by atoms with van der Waals surface area (Å²) in [6.45, 7) is 6.16. The predicted octanol–water partition coefficient (Wildman–Crippen LogP) is 3.86. The number of carbonyl (C=O) groups is 1. The quantitative estimate of drug-likeness (QED) is 0.803. The molecule has 27 heavy (non-hydrogen) atoms. The third kappa shape index (κ3) is 5.76. The zero-order valence-electron chi connectivity index (χ0n) is 15.7. The molecule has 1 amide bonds. The van der Waals surface area contributed by atoms with Crippen LogP contribution in [0.1, 0.15) is 36.7 Å². The summed E-state index contributed by atoms with van der Waals surface area (Å²) >= 11 is 0. The minimum absolute atomic E-state index is 0.202. The third-order valence-corrected chi connectivity index (χ3v) is 4.69. The van der Waals surface area contributed by atoms with Gasteiger partial charge in [-0.3, -0.25) is 4.79 Å². The molecular formula is C21H26FN3O2. The van der Waals surface area contributed by atoms with Crippen LogP contribution in [0, 0.1) is 11.7 Å². The van der Waals surface area contributed by atoms with Crippen LogP contribution in [0.2, 0.25) is 0 Å². The van der Waals surface area contributed by atoms with Crippen LogP contribution in [0.5, 0.6) is 11.6 Å². The Morgan fingerprint density at radius 3 is 2.89 bits per heavy atom. The number of hydrogen-bond acceptors (Lipinski definition) is 4. The second kappa shape index (κ2) is 9.46. The van der Waals surface area contributed by atoms with Crippen molar-refractivity contribution in [1.29, 1.82) is 0 Å². The lowest BCUT2D eigenvalue weighted by atomic mass is 9.98. The molecule has 2 aromatic rings. The topological polar surface area (TPSA) is 54.5 Å². The van der Waals surface area contributed by atoms with Crippen LogP contribution >= 0.6 is 0 Å². The molecule has 0 radical (unpaired) electrons. The molecule has 1 aliphatic heterocycles. The van der Waals surface area contributed by atoms with Gasteiger partial charge in [-0.1, -0.05) is 13.0 Å². The van der Waals surface area contributed by atoms with Crippen molar-refractivity contribution in [1.82, 2.24) is 15.2 Å². The Kier molecular flexibility index (Phi) is 6.76. The number of rotatable bonds is 7. The molecule has 0 spiro atoms. The second-order valence-corrected chi connectivity index (χ2v) is 6.94. The van der Waals surface area contributed by atoms with Gasteiger partial charge in [0, 0.05) is 19.2 Å². The Hall–Kier alpha value is -2.47. The smallest absolute Gasteiger partial charge is 0.270 e. The fourth-order valence-electron chi connectivity index (χ4n) is 3.39. The lowest BCUT2D eigenvalue weighted by Crippen LogP contribution is -2.41. The number of nitrogens with one attached hydrogen (secondary N) is 1. The summed E-state index contributed by atoms with van der Waals surface area (Å²) in [7, 11) is 0. The second-order valence-electron chi connectivity index (χ2n) is 6.94. The van der Waals surface area contributed by atoms with Crippen molar-refractivity contribution in [3.05, 3.63) is 54.0 Å². The van der Waals surface area contributed by atoms with Gasteiger partial charge in [0.25, 0.3) is 5.91 Å². The highest BCUT2D eigenvalue weighted by molar-refractivity contribution is 5.92. The van der Waals surface area contributed by atoms with Crippen LogP contribution in [0.4, 0.5) is 4.39 Å². The lowest BCUT2D eigenvalue weighted by molar-refractivity contribution is 0.0926. The van der Waals surface area contributed by atoms with Crippen molar-refractivity contribution in [2.24, 2.45) is 5.92 Å². The first kappa shape index (κ1) is 19.3. The molecule has 1 fully saturated rings. The fourth-order valence-corrected chi connectivity index (χ4v) is 3.39. The van der Waals surface area contributed by atoms with Crippen molar-refractivity contribution in [2.45, 2.75) is 26.2 Å². The summed E-state index contributed by atoms with van der Waals surface area (Å²) in [5.41, 5.74) is 0.316. The van der Waals surface area contributed by atoms with Gasteiger partial charge >= 0.3 is 0 Å². The SMILES string of the molecule is CCCN1CCCC(CNC(=O)c2cccc(Oc3ccc(F)cc3)n2)C1. The first-order valence-electron chi connectivity index (χ1n) is 9.55. The zero-order valence-corrected chi connectivity index (χ0v) is 15.7. The Balaban J connectivity index is 1.54. The van der Waals surface area contributed by atoms with E-state index in [-0.39, 0.29) is 11.7 Å². The van der Waals surface area contributed by atoms with Crippen molar-refractivity contribution in [3.8, 4) is 11.6 Å². The highest BCUT2D eigenvalue weighted by Gasteiger charge is 2.20. The minimum atomic E-state index is -0.330. The Morgan fingerprint density at radius 1 is 1.30 bits per heavy atom. The number of aromatic nitrogens is 1. The molecule has 0 bridgehead atoms. The number of amides is 1. The molecule has 0 saturated carbocycles. The summed E-state index contributed by atoms with van der Waals surface area (Å²) < 4.78 is 18.6. The standard InChI is InChI=1S/C21H26FN3O2/c1-2-12-25-13-4-5-16(15-25)14-23-21(26)19-6-3-7-20(24-19)27-18-10-8-17(22)9-11-18/h3,6-11,16H,2,4-5,12-15H2,1H3,(H,23,26). The van der Waals surface area contributed by atoms with Crippen molar-refractivity contribution >= 4 is 5.91 Å². The third-order valence-electron chi connectivity index (χ3n) is 4.69. The molecule has 1 aromatic carbocycles. The van der Waals surface area contributed by atoms with Crippen LogP contribution in [-0.2, 0) is 0 Å². The van der Waals surface area contributed by atoms with Gasteiger partial charge in [-0.15, -0.1) is 0 Å². The molecule has 1 aliphatic rings. The Labute approximate surface area is 159 Å². The van der Waals surface area contributed by atoms with Gasteiger partial charge in [0.15, 0.2) is 0 Å². The average Bonchev–Trinajstić information content (AvgIpc) is 2.69. The fraction of sp³-hybridized carbons (Fsp3) is 0.429. The van der Waals surface area contributed by atoms with Gasteiger partial charge in [0.05, 0.1) is 0 Å². The van der Waals surface area contributed by atoms with E-state index in [4.69, 9.17) is 4.74 Å². The van der Waals surface area contributed by atoms with Crippen LogP contribution < -0.4 is 10.1 Å². The monoisotopic (exact) mass is 371 g/mol. The number of ether oxygens (including phenoxy) is 1. The summed E-state index contributed by atoms with van der Waals surface area (Å²) in [6, 6.07) is 10.7. The van der Waals surface area contributed by atoms with Crippen molar-refractivity contribution in [3.63, 3.8) is 0 Å². The lowest BCUT2D eigenvalue weighted by Gasteiger charge is -2.32. The summed E-state index contributed by atoms with van der Waals surface area (Å²) in [5, 5.41) is 3.00. The molecule has 1 unspecified atom stereocenters. The largest absolute Gasteiger partial charge is 0.439 e. The molecule has 2 heterocycles. The van der Waals surface area contributed by atoms with E-state index in [1.165, 1.54) is 30.7 Å². The molecule has 1 atom stereocenters. The van der Waals surface area contributed by atoms with Gasteiger partial charge in [0.2, 0.25) is 5.88 Å². The van der Waals surface area contributed by atoms with E-state index in [1.807, 2.05) is 0 Å². The first-order chi connectivity index (χ1) is 13.1. The highest BCUT2D eigenvalue weighted by atomic mass is 19.1. The summed E-state index contributed by atoms with van der Waals surface area (Å²) in [5.74, 6) is 0.726. The number of piperidine rings is 1. The molecular weight excluding hydrogens is 345 g/mol. The zero-order chi connectivity index (χ0) is 19.1. The predicted molar refractivity (Wildman–Crippen MR) is 102 cm³/mol. The van der Waals surface area contributed by atoms with Crippen molar-refractivity contribution in [2.75, 3.05) is 26.2 Å². The normalized spacial score (nSPS) is 17.5. The van der Waals surface area contributed by atoms with E-state index >= 15 is 0 Å². The van der Waals surface area contributed by atoms with E-state index in [9.17, 15) is 9.18 Å². The molecule has 5 nitrogen and oxygen atoms in total. The van der Waals surface area contributed by atoms with Gasteiger partial charge in [-0.05, 0) is 68.6 Å². The number of nitrogens with zero attached hydrogens (tertiary/aromatic N) is 2. The number of halogens is 1. The van der Waals surface area contributed by atoms with Crippen LogP contribution in [0.25, 0.3) is 0 Å². The number of hydrogen-bond donors (Lipinski definition) is 1. The van der Waals surface area contributed by atoms with Crippen LogP contribution in [0.3, 0.4) is 0 Å². The summed E-state index contributed by atoms with van der Waals surface area (Å²) in [6.07, 6.45) is 3.48. The molecule has 6 heteroatoms. The minimum Gasteiger partial charge on any atom is -0.439 e. The molecule has 1 aromatic heterocycles. The van der Waals surface area contributed by atoms with Crippen molar-refractivity contribution < 1.29 is 13.9 Å². The average molecular weight is 371 g/mol. The van der Waals surface area contributed by atoms with E-state index in [0.29, 0.717) is 29.8 Å². The van der Waals surface area contributed by atoms with Gasteiger partial charge < -0.3 is 15.0 Å². The van der Waals surface area contributed by atoms with E-state index < -0.39 is 0 Å². The molecule has 1 saturated heterocycles. The Bertz CT molecular complexity index is 749. The molecule has 3 rings (SSSR count). The number of likely N-dealkylation sites (tertiary alicyclic amines) is 1. The molecule has 144 valence electrons. The van der Waals surface area contributed by atoms with Crippen LogP contribution in [-0.4, -0.2) is 42.0 Å². The molecule has 1 N–H and O–H groups in total. The molecule has 0 aliphatic carbocycles. The van der Waals surface area contributed by atoms with E-state index in [2.05, 4.69) is 22.1 Å².